The first kappa shape index (κ1) is 21.8. The molecule has 1 aliphatic rings. The van der Waals surface area contributed by atoms with Crippen LogP contribution in [0.3, 0.4) is 0 Å². The summed E-state index contributed by atoms with van der Waals surface area (Å²) in [5, 5.41) is 9.10. The van der Waals surface area contributed by atoms with Gasteiger partial charge in [-0.15, -0.1) is 0 Å². The number of carbonyl (C=O) groups excluding carboxylic acids is 2. The maximum absolute atomic E-state index is 13.0. The number of rotatable bonds is 7. The molecule has 6 nitrogen and oxygen atoms in total. The maximum atomic E-state index is 13.0. The number of hydrogen-bond donors (Lipinski definition) is 3. The molecule has 0 spiro atoms. The van der Waals surface area contributed by atoms with Crippen molar-refractivity contribution in [3.05, 3.63) is 65.5 Å². The van der Waals surface area contributed by atoms with Gasteiger partial charge in [-0.25, -0.2) is 14.0 Å². The second kappa shape index (κ2) is 10.7. The Hall–Kier alpha value is -2.93. The summed E-state index contributed by atoms with van der Waals surface area (Å²) in [6.45, 7) is 3.44. The van der Waals surface area contributed by atoms with Gasteiger partial charge in [0.2, 0.25) is 0 Å². The Morgan fingerprint density at radius 3 is 2.67 bits per heavy atom. The zero-order valence-corrected chi connectivity index (χ0v) is 17.1. The minimum Gasteiger partial charge on any atom is -0.462 e. The lowest BCUT2D eigenvalue weighted by Gasteiger charge is -2.30. The lowest BCUT2D eigenvalue weighted by molar-refractivity contribution is 0.0526. The fourth-order valence-electron chi connectivity index (χ4n) is 3.61. The number of piperidine rings is 1. The topological polar surface area (TPSA) is 79.5 Å². The van der Waals surface area contributed by atoms with Gasteiger partial charge in [0.15, 0.2) is 0 Å². The molecule has 1 heterocycles. The van der Waals surface area contributed by atoms with Gasteiger partial charge in [-0.05, 0) is 74.5 Å². The van der Waals surface area contributed by atoms with Crippen molar-refractivity contribution >= 4 is 17.7 Å². The predicted molar refractivity (Wildman–Crippen MR) is 114 cm³/mol. The quantitative estimate of drug-likeness (QED) is 0.605. The van der Waals surface area contributed by atoms with Crippen LogP contribution in [-0.2, 0) is 11.2 Å². The Morgan fingerprint density at radius 2 is 1.97 bits per heavy atom. The van der Waals surface area contributed by atoms with E-state index in [1.54, 1.807) is 31.2 Å². The van der Waals surface area contributed by atoms with Crippen LogP contribution < -0.4 is 16.0 Å². The van der Waals surface area contributed by atoms with Crippen molar-refractivity contribution in [2.45, 2.75) is 32.2 Å². The van der Waals surface area contributed by atoms with E-state index in [9.17, 15) is 14.0 Å². The third-order valence-corrected chi connectivity index (χ3v) is 5.20. The summed E-state index contributed by atoms with van der Waals surface area (Å²) >= 11 is 0. The number of esters is 1. The Morgan fingerprint density at radius 1 is 1.17 bits per heavy atom. The molecule has 0 saturated carbocycles. The monoisotopic (exact) mass is 413 g/mol. The average molecular weight is 413 g/mol. The molecule has 2 aromatic carbocycles. The number of amides is 2. The van der Waals surface area contributed by atoms with E-state index in [2.05, 4.69) is 16.0 Å². The second-order valence-corrected chi connectivity index (χ2v) is 7.52. The molecule has 160 valence electrons. The van der Waals surface area contributed by atoms with Crippen LogP contribution in [0.2, 0.25) is 0 Å². The highest BCUT2D eigenvalue weighted by molar-refractivity contribution is 5.93. The largest absolute Gasteiger partial charge is 0.462 e. The zero-order valence-electron chi connectivity index (χ0n) is 17.1. The molecule has 3 rings (SSSR count). The number of carbonyl (C=O) groups is 2. The highest BCUT2D eigenvalue weighted by Crippen LogP contribution is 2.19. The minimum absolute atomic E-state index is 0.211. The Balaban J connectivity index is 1.39. The third-order valence-electron chi connectivity index (χ3n) is 5.20. The van der Waals surface area contributed by atoms with Gasteiger partial charge in [0.25, 0.3) is 0 Å². The fraction of sp³-hybridized carbons (Fsp3) is 0.391. The summed E-state index contributed by atoms with van der Waals surface area (Å²) in [6.07, 6.45) is 2.94. The van der Waals surface area contributed by atoms with Crippen molar-refractivity contribution in [3.63, 3.8) is 0 Å². The molecule has 1 saturated heterocycles. The highest BCUT2D eigenvalue weighted by atomic mass is 19.1. The Labute approximate surface area is 176 Å². The molecule has 7 heteroatoms. The Bertz CT molecular complexity index is 849. The number of benzene rings is 2. The molecule has 0 unspecified atom stereocenters. The number of halogens is 1. The summed E-state index contributed by atoms with van der Waals surface area (Å²) in [7, 11) is 0. The number of urea groups is 1. The number of anilines is 1. The highest BCUT2D eigenvalue weighted by Gasteiger charge is 2.21. The van der Waals surface area contributed by atoms with E-state index in [-0.39, 0.29) is 17.9 Å². The first-order valence-electron chi connectivity index (χ1n) is 10.3. The predicted octanol–water partition coefficient (Wildman–Crippen LogP) is 3.73. The molecule has 0 radical (unpaired) electrons. The maximum Gasteiger partial charge on any atom is 0.338 e. The molecule has 30 heavy (non-hydrogen) atoms. The van der Waals surface area contributed by atoms with E-state index in [4.69, 9.17) is 4.74 Å². The zero-order chi connectivity index (χ0) is 21.3. The normalized spacial score (nSPS) is 18.5. The van der Waals surface area contributed by atoms with Gasteiger partial charge in [-0.2, -0.15) is 0 Å². The van der Waals surface area contributed by atoms with Gasteiger partial charge < -0.3 is 20.7 Å². The van der Waals surface area contributed by atoms with E-state index in [1.165, 1.54) is 12.1 Å². The van der Waals surface area contributed by atoms with Gasteiger partial charge >= 0.3 is 12.0 Å². The van der Waals surface area contributed by atoms with Crippen LogP contribution in [0.15, 0.2) is 48.5 Å². The van der Waals surface area contributed by atoms with Crippen LogP contribution in [0.5, 0.6) is 0 Å². The number of hydrogen-bond acceptors (Lipinski definition) is 4. The van der Waals surface area contributed by atoms with Gasteiger partial charge in [-0.3, -0.25) is 0 Å². The molecule has 2 atom stereocenters. The van der Waals surface area contributed by atoms with E-state index in [0.29, 0.717) is 30.3 Å². The SMILES string of the molecule is CCOC(=O)c1cccc(NC(=O)NC[C@@H]2CC[C@H](Cc3ccc(F)cc3)CN2)c1. The lowest BCUT2D eigenvalue weighted by Crippen LogP contribution is -2.47. The van der Waals surface area contributed by atoms with E-state index in [0.717, 1.165) is 31.4 Å². The molecule has 0 aromatic heterocycles. The molecular weight excluding hydrogens is 385 g/mol. The van der Waals surface area contributed by atoms with Crippen molar-refractivity contribution in [2.24, 2.45) is 5.92 Å². The van der Waals surface area contributed by atoms with E-state index in [1.807, 2.05) is 12.1 Å². The number of nitrogens with one attached hydrogen (secondary N) is 3. The summed E-state index contributed by atoms with van der Waals surface area (Å²) in [4.78, 5) is 24.0. The molecule has 0 aliphatic carbocycles. The van der Waals surface area contributed by atoms with Gasteiger partial charge in [0.05, 0.1) is 12.2 Å². The molecule has 2 amide bonds. The van der Waals surface area contributed by atoms with E-state index >= 15 is 0 Å². The Kier molecular flexibility index (Phi) is 7.79. The standard InChI is InChI=1S/C23H28FN3O3/c1-2-30-22(28)18-4-3-5-20(13-18)27-23(29)26-15-21-11-8-17(14-25-21)12-16-6-9-19(24)10-7-16/h3-7,9-10,13,17,21,25H,2,8,11-12,14-15H2,1H3,(H2,26,27,29)/t17-,21+/m1/s1. The van der Waals surface area contributed by atoms with Gasteiger partial charge in [-0.1, -0.05) is 18.2 Å². The van der Waals surface area contributed by atoms with Crippen molar-refractivity contribution in [1.82, 2.24) is 10.6 Å². The van der Waals surface area contributed by atoms with E-state index < -0.39 is 5.97 Å². The van der Waals surface area contributed by atoms with Crippen LogP contribution in [0.25, 0.3) is 0 Å². The summed E-state index contributed by atoms with van der Waals surface area (Å²) < 4.78 is 18.0. The molecule has 0 bridgehead atoms. The van der Waals surface area contributed by atoms with Crippen LogP contribution >= 0.6 is 0 Å². The van der Waals surface area contributed by atoms with Crippen molar-refractivity contribution in [1.29, 1.82) is 0 Å². The van der Waals surface area contributed by atoms with Gasteiger partial charge in [0, 0.05) is 18.3 Å². The number of ether oxygens (including phenoxy) is 1. The molecule has 1 aliphatic heterocycles. The van der Waals surface area contributed by atoms with Crippen LogP contribution in [0, 0.1) is 11.7 Å². The molecule has 1 fully saturated rings. The molecule has 3 N–H and O–H groups in total. The van der Waals surface area contributed by atoms with Crippen molar-refractivity contribution in [2.75, 3.05) is 25.0 Å². The van der Waals surface area contributed by atoms with Crippen LogP contribution in [0.4, 0.5) is 14.9 Å². The average Bonchev–Trinajstić information content (AvgIpc) is 2.75. The van der Waals surface area contributed by atoms with Crippen molar-refractivity contribution in [3.8, 4) is 0 Å². The molecule has 2 aromatic rings. The second-order valence-electron chi connectivity index (χ2n) is 7.52. The molecular formula is C23H28FN3O3. The minimum atomic E-state index is -0.414. The summed E-state index contributed by atoms with van der Waals surface area (Å²) in [6, 6.07) is 13.2. The van der Waals surface area contributed by atoms with Gasteiger partial charge in [0.1, 0.15) is 5.82 Å². The third kappa shape index (κ3) is 6.56. The van der Waals surface area contributed by atoms with Crippen molar-refractivity contribution < 1.29 is 18.7 Å². The summed E-state index contributed by atoms with van der Waals surface area (Å²) in [5.74, 6) is -0.119. The first-order valence-corrected chi connectivity index (χ1v) is 10.3. The van der Waals surface area contributed by atoms with Crippen LogP contribution in [0.1, 0.15) is 35.7 Å². The van der Waals surface area contributed by atoms with Crippen LogP contribution in [-0.4, -0.2) is 37.7 Å². The smallest absolute Gasteiger partial charge is 0.338 e. The first-order chi connectivity index (χ1) is 14.5. The fourth-order valence-corrected chi connectivity index (χ4v) is 3.61. The lowest BCUT2D eigenvalue weighted by atomic mass is 9.89. The summed E-state index contributed by atoms with van der Waals surface area (Å²) in [5.41, 5.74) is 2.08.